The molecule has 1 aliphatic rings. The Morgan fingerprint density at radius 3 is 2.63 bits per heavy atom. The fourth-order valence-corrected chi connectivity index (χ4v) is 3.44. The number of hydrogen-bond donors (Lipinski definition) is 2. The van der Waals surface area contributed by atoms with Gasteiger partial charge in [-0.2, -0.15) is 0 Å². The van der Waals surface area contributed by atoms with Crippen LogP contribution in [0.5, 0.6) is 0 Å². The van der Waals surface area contributed by atoms with Crippen molar-refractivity contribution in [2.75, 3.05) is 5.32 Å². The maximum atomic E-state index is 13.3. The Morgan fingerprint density at radius 2 is 1.93 bits per heavy atom. The molecule has 0 aliphatic carbocycles. The van der Waals surface area contributed by atoms with Crippen LogP contribution in [0, 0.1) is 19.7 Å². The molecule has 1 aromatic heterocycles. The number of benzene rings is 2. The summed E-state index contributed by atoms with van der Waals surface area (Å²) in [7, 11) is 0. The van der Waals surface area contributed by atoms with Crippen LogP contribution in [0.1, 0.15) is 29.2 Å². The van der Waals surface area contributed by atoms with Gasteiger partial charge in [0.15, 0.2) is 0 Å². The molecule has 0 bridgehead atoms. The van der Waals surface area contributed by atoms with E-state index in [-0.39, 0.29) is 24.1 Å². The lowest BCUT2D eigenvalue weighted by molar-refractivity contribution is -0.121. The van der Waals surface area contributed by atoms with Crippen LogP contribution in [-0.4, -0.2) is 17.0 Å². The second-order valence-corrected chi connectivity index (χ2v) is 7.28. The summed E-state index contributed by atoms with van der Waals surface area (Å²) in [5, 5.41) is 9.55. The molecule has 30 heavy (non-hydrogen) atoms. The van der Waals surface area contributed by atoms with Gasteiger partial charge in [0.2, 0.25) is 5.91 Å². The van der Waals surface area contributed by atoms with Crippen LogP contribution in [0.3, 0.4) is 0 Å². The lowest BCUT2D eigenvalue weighted by Crippen LogP contribution is -2.32. The molecule has 0 saturated carbocycles. The van der Waals surface area contributed by atoms with Crippen molar-refractivity contribution in [3.8, 4) is 11.3 Å². The normalized spacial score (nSPS) is 16.0. The summed E-state index contributed by atoms with van der Waals surface area (Å²) < 4.78 is 18.4. The zero-order chi connectivity index (χ0) is 21.3. The highest BCUT2D eigenvalue weighted by Crippen LogP contribution is 2.32. The Hall–Kier alpha value is -3.74. The lowest BCUT2D eigenvalue weighted by atomic mass is 9.86. The zero-order valence-electron chi connectivity index (χ0n) is 16.5. The number of aryl methyl sites for hydroxylation is 2. The van der Waals surface area contributed by atoms with Gasteiger partial charge >= 0.3 is 0 Å². The van der Waals surface area contributed by atoms with Crippen molar-refractivity contribution in [3.63, 3.8) is 0 Å². The molecule has 1 unspecified atom stereocenters. The van der Waals surface area contributed by atoms with Crippen LogP contribution < -0.4 is 10.6 Å². The molecule has 1 atom stereocenters. The summed E-state index contributed by atoms with van der Waals surface area (Å²) >= 11 is 0. The maximum Gasteiger partial charge on any atom is 0.253 e. The van der Waals surface area contributed by atoms with E-state index in [1.807, 2.05) is 38.1 Å². The Bertz CT molecular complexity index is 1150. The number of rotatable bonds is 4. The molecular weight excluding hydrogens is 385 g/mol. The second-order valence-electron chi connectivity index (χ2n) is 7.28. The van der Waals surface area contributed by atoms with Crippen LogP contribution in [0.4, 0.5) is 10.1 Å². The molecule has 0 saturated heterocycles. The maximum absolute atomic E-state index is 13.3. The van der Waals surface area contributed by atoms with Crippen molar-refractivity contribution in [1.82, 2.24) is 10.5 Å². The van der Waals surface area contributed by atoms with E-state index in [4.69, 9.17) is 4.52 Å². The van der Waals surface area contributed by atoms with Crippen LogP contribution in [0.2, 0.25) is 0 Å². The highest BCUT2D eigenvalue weighted by atomic mass is 19.1. The summed E-state index contributed by atoms with van der Waals surface area (Å²) in [5.74, 6) is -0.659. The molecule has 0 spiro atoms. The molecule has 7 heteroatoms. The van der Waals surface area contributed by atoms with Crippen molar-refractivity contribution in [1.29, 1.82) is 0 Å². The first-order valence-electron chi connectivity index (χ1n) is 9.51. The number of anilines is 1. The first-order chi connectivity index (χ1) is 14.4. The number of halogens is 1. The number of hydrogen-bond acceptors (Lipinski definition) is 4. The van der Waals surface area contributed by atoms with Gasteiger partial charge in [-0.3, -0.25) is 9.59 Å². The third kappa shape index (κ3) is 4.00. The van der Waals surface area contributed by atoms with E-state index >= 15 is 0 Å². The SMILES string of the molecule is Cc1cc(-c2ccc(C)c(NC(=O)C3=CNC(=O)CC3c3ccc(F)cc3)c2)no1. The Balaban J connectivity index is 1.62. The quantitative estimate of drug-likeness (QED) is 0.681. The monoisotopic (exact) mass is 405 g/mol. The van der Waals surface area contributed by atoms with Gasteiger partial charge in [-0.05, 0) is 43.2 Å². The average molecular weight is 405 g/mol. The van der Waals surface area contributed by atoms with Crippen molar-refractivity contribution >= 4 is 17.5 Å². The third-order valence-electron chi connectivity index (χ3n) is 5.10. The number of amides is 2. The van der Waals surface area contributed by atoms with Crippen LogP contribution >= 0.6 is 0 Å². The van der Waals surface area contributed by atoms with Gasteiger partial charge in [0.05, 0.1) is 0 Å². The first kappa shape index (κ1) is 19.6. The predicted molar refractivity (Wildman–Crippen MR) is 110 cm³/mol. The fraction of sp³-hybridized carbons (Fsp3) is 0.174. The van der Waals surface area contributed by atoms with Crippen molar-refractivity contribution in [2.45, 2.75) is 26.2 Å². The molecule has 152 valence electrons. The standard InChI is InChI=1S/C23H20FN3O3/c1-13-3-4-16(21-9-14(2)30-27-21)10-20(13)26-23(29)19-12-25-22(28)11-18(19)15-5-7-17(24)8-6-15/h3-10,12,18H,11H2,1-2H3,(H,25,28)(H,26,29). The van der Waals surface area contributed by atoms with Crippen LogP contribution in [0.25, 0.3) is 11.3 Å². The van der Waals surface area contributed by atoms with E-state index in [2.05, 4.69) is 15.8 Å². The van der Waals surface area contributed by atoms with Crippen molar-refractivity contribution < 1.29 is 18.5 Å². The summed E-state index contributed by atoms with van der Waals surface area (Å²) in [6, 6.07) is 13.3. The zero-order valence-corrected chi connectivity index (χ0v) is 16.5. The van der Waals surface area contributed by atoms with Gasteiger partial charge in [-0.1, -0.05) is 29.4 Å². The van der Waals surface area contributed by atoms with Crippen molar-refractivity contribution in [3.05, 3.63) is 83.0 Å². The van der Waals surface area contributed by atoms with Gasteiger partial charge in [-0.25, -0.2) is 4.39 Å². The molecule has 3 aromatic rings. The molecular formula is C23H20FN3O3. The number of carbonyl (C=O) groups is 2. The van der Waals surface area contributed by atoms with Crippen molar-refractivity contribution in [2.24, 2.45) is 0 Å². The topological polar surface area (TPSA) is 84.2 Å². The highest BCUT2D eigenvalue weighted by molar-refractivity contribution is 6.07. The van der Waals surface area contributed by atoms with E-state index in [1.54, 1.807) is 12.1 Å². The minimum Gasteiger partial charge on any atom is -0.361 e. The summed E-state index contributed by atoms with van der Waals surface area (Å²) in [4.78, 5) is 25.0. The van der Waals surface area contributed by atoms with E-state index < -0.39 is 5.92 Å². The van der Waals surface area contributed by atoms with E-state index in [9.17, 15) is 14.0 Å². The Labute approximate surface area is 172 Å². The molecule has 2 N–H and O–H groups in total. The number of nitrogens with one attached hydrogen (secondary N) is 2. The molecule has 0 fully saturated rings. The summed E-state index contributed by atoms with van der Waals surface area (Å²) in [6.45, 7) is 3.70. The molecule has 6 nitrogen and oxygen atoms in total. The van der Waals surface area contributed by atoms with E-state index in [1.165, 1.54) is 18.3 Å². The van der Waals surface area contributed by atoms with Gasteiger partial charge in [0.1, 0.15) is 17.3 Å². The van der Waals surface area contributed by atoms with E-state index in [0.717, 1.165) is 11.1 Å². The minimum atomic E-state index is -0.457. The molecule has 2 heterocycles. The predicted octanol–water partition coefficient (Wildman–Crippen LogP) is 4.22. The van der Waals surface area contributed by atoms with Gasteiger partial charge < -0.3 is 15.2 Å². The fourth-order valence-electron chi connectivity index (χ4n) is 3.44. The minimum absolute atomic E-state index is 0.113. The van der Waals surface area contributed by atoms with E-state index in [0.29, 0.717) is 28.3 Å². The largest absolute Gasteiger partial charge is 0.361 e. The molecule has 2 amide bonds. The van der Waals surface area contributed by atoms with Gasteiger partial charge in [-0.15, -0.1) is 0 Å². The molecule has 4 rings (SSSR count). The number of nitrogens with zero attached hydrogens (tertiary/aromatic N) is 1. The number of carbonyl (C=O) groups excluding carboxylic acids is 2. The van der Waals surface area contributed by atoms with Crippen LogP contribution in [0.15, 0.2) is 64.8 Å². The van der Waals surface area contributed by atoms with Crippen LogP contribution in [-0.2, 0) is 9.59 Å². The second kappa shape index (κ2) is 7.94. The Kier molecular flexibility index (Phi) is 5.18. The summed E-state index contributed by atoms with van der Waals surface area (Å²) in [6.07, 6.45) is 1.54. The van der Waals surface area contributed by atoms with Gasteiger partial charge in [0.25, 0.3) is 5.91 Å². The highest BCUT2D eigenvalue weighted by Gasteiger charge is 2.29. The number of aromatic nitrogens is 1. The molecule has 1 aliphatic heterocycles. The molecule has 0 radical (unpaired) electrons. The summed E-state index contributed by atoms with van der Waals surface area (Å²) in [5.41, 5.74) is 4.12. The molecule has 2 aromatic carbocycles. The lowest BCUT2D eigenvalue weighted by Gasteiger charge is -2.24. The Morgan fingerprint density at radius 1 is 1.17 bits per heavy atom. The first-order valence-corrected chi connectivity index (χ1v) is 9.51. The average Bonchev–Trinajstić information content (AvgIpc) is 3.16. The van der Waals surface area contributed by atoms with Gasteiger partial charge in [0, 0.05) is 41.4 Å². The smallest absolute Gasteiger partial charge is 0.253 e. The third-order valence-corrected chi connectivity index (χ3v) is 5.10.